The van der Waals surface area contributed by atoms with E-state index in [1.807, 2.05) is 23.7 Å². The molecule has 0 aliphatic rings. The van der Waals surface area contributed by atoms with Crippen molar-refractivity contribution in [1.29, 1.82) is 0 Å². The fourth-order valence-electron chi connectivity index (χ4n) is 1.87. The SMILES string of the molecule is CCOC(=O)NCCCc1cn2ccnc2nc1C. The van der Waals surface area contributed by atoms with E-state index in [9.17, 15) is 4.79 Å². The van der Waals surface area contributed by atoms with Crippen LogP contribution in [-0.2, 0) is 11.2 Å². The molecule has 0 unspecified atom stereocenters. The maximum absolute atomic E-state index is 11.1. The van der Waals surface area contributed by atoms with Gasteiger partial charge in [-0.2, -0.15) is 0 Å². The Morgan fingerprint density at radius 1 is 1.53 bits per heavy atom. The van der Waals surface area contributed by atoms with Crippen LogP contribution in [0.2, 0.25) is 0 Å². The number of carbonyl (C=O) groups excluding carboxylic acids is 1. The van der Waals surface area contributed by atoms with Crippen molar-refractivity contribution in [2.24, 2.45) is 0 Å². The first-order valence-electron chi connectivity index (χ1n) is 6.40. The molecule has 6 heteroatoms. The van der Waals surface area contributed by atoms with Crippen LogP contribution in [0.3, 0.4) is 0 Å². The normalized spacial score (nSPS) is 10.6. The number of aryl methyl sites for hydroxylation is 2. The summed E-state index contributed by atoms with van der Waals surface area (Å²) in [5.41, 5.74) is 2.14. The van der Waals surface area contributed by atoms with E-state index < -0.39 is 0 Å². The van der Waals surface area contributed by atoms with Crippen molar-refractivity contribution in [3.63, 3.8) is 0 Å². The molecule has 1 amide bonds. The summed E-state index contributed by atoms with van der Waals surface area (Å²) in [6.07, 6.45) is 6.99. The van der Waals surface area contributed by atoms with E-state index in [1.165, 1.54) is 0 Å². The Balaban J connectivity index is 1.87. The molecule has 1 N–H and O–H groups in total. The quantitative estimate of drug-likeness (QED) is 0.833. The summed E-state index contributed by atoms with van der Waals surface area (Å²) in [5, 5.41) is 2.70. The molecule has 2 rings (SSSR count). The molecule has 0 fully saturated rings. The van der Waals surface area contributed by atoms with Gasteiger partial charge in [0.15, 0.2) is 0 Å². The minimum atomic E-state index is -0.359. The summed E-state index contributed by atoms with van der Waals surface area (Å²) in [4.78, 5) is 19.7. The van der Waals surface area contributed by atoms with Gasteiger partial charge in [-0.1, -0.05) is 0 Å². The maximum Gasteiger partial charge on any atom is 0.407 e. The lowest BCUT2D eigenvalue weighted by Crippen LogP contribution is -2.25. The molecule has 2 heterocycles. The fraction of sp³-hybridized carbons (Fsp3) is 0.462. The van der Waals surface area contributed by atoms with E-state index in [4.69, 9.17) is 4.74 Å². The lowest BCUT2D eigenvalue weighted by atomic mass is 10.1. The lowest BCUT2D eigenvalue weighted by molar-refractivity contribution is 0.152. The number of fused-ring (bicyclic) bond motifs is 1. The van der Waals surface area contributed by atoms with E-state index in [-0.39, 0.29) is 6.09 Å². The third-order valence-electron chi connectivity index (χ3n) is 2.84. The van der Waals surface area contributed by atoms with Crippen LogP contribution in [0.15, 0.2) is 18.6 Å². The highest BCUT2D eigenvalue weighted by atomic mass is 16.5. The lowest BCUT2D eigenvalue weighted by Gasteiger charge is -2.07. The molecule has 102 valence electrons. The Labute approximate surface area is 111 Å². The summed E-state index contributed by atoms with van der Waals surface area (Å²) < 4.78 is 6.69. The van der Waals surface area contributed by atoms with Gasteiger partial charge in [0, 0.05) is 30.8 Å². The van der Waals surface area contributed by atoms with Crippen LogP contribution in [0, 0.1) is 6.92 Å². The first-order chi connectivity index (χ1) is 9.20. The predicted molar refractivity (Wildman–Crippen MR) is 71.1 cm³/mol. The minimum Gasteiger partial charge on any atom is -0.450 e. The van der Waals surface area contributed by atoms with Crippen molar-refractivity contribution in [2.75, 3.05) is 13.2 Å². The third-order valence-corrected chi connectivity index (χ3v) is 2.84. The molecule has 0 radical (unpaired) electrons. The van der Waals surface area contributed by atoms with E-state index >= 15 is 0 Å². The number of nitrogens with one attached hydrogen (secondary N) is 1. The van der Waals surface area contributed by atoms with Gasteiger partial charge in [-0.15, -0.1) is 0 Å². The molecule has 0 spiro atoms. The average molecular weight is 262 g/mol. The van der Waals surface area contributed by atoms with Crippen molar-refractivity contribution < 1.29 is 9.53 Å². The molecule has 0 aromatic carbocycles. The number of alkyl carbamates (subject to hydrolysis) is 1. The zero-order valence-electron chi connectivity index (χ0n) is 11.2. The molecule has 0 saturated carbocycles. The molecular formula is C13H18N4O2. The Kier molecular flexibility index (Phi) is 4.33. The third kappa shape index (κ3) is 3.43. The van der Waals surface area contributed by atoms with Crippen molar-refractivity contribution in [1.82, 2.24) is 19.7 Å². The Morgan fingerprint density at radius 2 is 2.37 bits per heavy atom. The smallest absolute Gasteiger partial charge is 0.407 e. The molecule has 19 heavy (non-hydrogen) atoms. The molecule has 0 atom stereocenters. The number of imidazole rings is 1. The van der Waals surface area contributed by atoms with Crippen LogP contribution >= 0.6 is 0 Å². The van der Waals surface area contributed by atoms with Gasteiger partial charge in [0.25, 0.3) is 0 Å². The van der Waals surface area contributed by atoms with E-state index in [0.717, 1.165) is 24.1 Å². The summed E-state index contributed by atoms with van der Waals surface area (Å²) in [6.45, 7) is 4.75. The maximum atomic E-state index is 11.1. The van der Waals surface area contributed by atoms with Crippen LogP contribution in [0.1, 0.15) is 24.6 Å². The molecule has 0 bridgehead atoms. The van der Waals surface area contributed by atoms with Gasteiger partial charge in [0.05, 0.1) is 6.61 Å². The van der Waals surface area contributed by atoms with Crippen molar-refractivity contribution >= 4 is 11.9 Å². The standard InChI is InChI=1S/C13H18N4O2/c1-3-19-13(18)15-6-4-5-11-9-17-8-7-14-12(17)16-10(11)2/h7-9H,3-6H2,1-2H3,(H,15,18). The number of nitrogens with zero attached hydrogens (tertiary/aromatic N) is 3. The highest BCUT2D eigenvalue weighted by Gasteiger charge is 2.04. The molecule has 6 nitrogen and oxygen atoms in total. The van der Waals surface area contributed by atoms with Gasteiger partial charge >= 0.3 is 6.09 Å². The van der Waals surface area contributed by atoms with Crippen LogP contribution in [0.5, 0.6) is 0 Å². The van der Waals surface area contributed by atoms with Gasteiger partial charge < -0.3 is 10.1 Å². The van der Waals surface area contributed by atoms with Gasteiger partial charge in [-0.3, -0.25) is 4.40 Å². The molecule has 2 aromatic heterocycles. The number of hydrogen-bond acceptors (Lipinski definition) is 4. The van der Waals surface area contributed by atoms with Crippen molar-refractivity contribution in [3.05, 3.63) is 29.8 Å². The average Bonchev–Trinajstić information content (AvgIpc) is 2.82. The monoisotopic (exact) mass is 262 g/mol. The van der Waals surface area contributed by atoms with Gasteiger partial charge in [-0.25, -0.2) is 14.8 Å². The predicted octanol–water partition coefficient (Wildman–Crippen LogP) is 1.72. The highest BCUT2D eigenvalue weighted by molar-refractivity contribution is 5.66. The van der Waals surface area contributed by atoms with E-state index in [0.29, 0.717) is 18.9 Å². The number of rotatable bonds is 5. The second-order valence-corrected chi connectivity index (χ2v) is 4.24. The number of ether oxygens (including phenoxy) is 1. The Morgan fingerprint density at radius 3 is 3.16 bits per heavy atom. The number of aromatic nitrogens is 3. The summed E-state index contributed by atoms with van der Waals surface area (Å²) >= 11 is 0. The first-order valence-corrected chi connectivity index (χ1v) is 6.40. The van der Waals surface area contributed by atoms with Crippen molar-refractivity contribution in [2.45, 2.75) is 26.7 Å². The molecule has 0 aliphatic heterocycles. The minimum absolute atomic E-state index is 0.359. The van der Waals surface area contributed by atoms with Crippen LogP contribution in [0.4, 0.5) is 4.79 Å². The number of carbonyl (C=O) groups is 1. The Hall–Kier alpha value is -2.11. The Bertz CT molecular complexity index is 565. The molecular weight excluding hydrogens is 244 g/mol. The van der Waals surface area contributed by atoms with Gasteiger partial charge in [-0.05, 0) is 32.3 Å². The zero-order chi connectivity index (χ0) is 13.7. The first kappa shape index (κ1) is 13.3. The fourth-order valence-corrected chi connectivity index (χ4v) is 1.87. The molecule has 2 aromatic rings. The number of amides is 1. The summed E-state index contributed by atoms with van der Waals surface area (Å²) in [6, 6.07) is 0. The van der Waals surface area contributed by atoms with E-state index in [1.54, 1.807) is 13.1 Å². The van der Waals surface area contributed by atoms with Gasteiger partial charge in [0.1, 0.15) is 0 Å². The zero-order valence-corrected chi connectivity index (χ0v) is 11.2. The van der Waals surface area contributed by atoms with E-state index in [2.05, 4.69) is 15.3 Å². The molecule has 0 aliphatic carbocycles. The van der Waals surface area contributed by atoms with Crippen LogP contribution in [0.25, 0.3) is 5.78 Å². The second-order valence-electron chi connectivity index (χ2n) is 4.24. The molecule has 0 saturated heterocycles. The van der Waals surface area contributed by atoms with Gasteiger partial charge in [0.2, 0.25) is 5.78 Å². The number of hydrogen-bond donors (Lipinski definition) is 1. The highest BCUT2D eigenvalue weighted by Crippen LogP contribution is 2.09. The van der Waals surface area contributed by atoms with Crippen LogP contribution in [-0.4, -0.2) is 33.6 Å². The van der Waals surface area contributed by atoms with Crippen LogP contribution < -0.4 is 5.32 Å². The van der Waals surface area contributed by atoms with Crippen molar-refractivity contribution in [3.8, 4) is 0 Å². The largest absolute Gasteiger partial charge is 0.450 e. The second kappa shape index (κ2) is 6.17. The summed E-state index contributed by atoms with van der Waals surface area (Å²) in [5.74, 6) is 0.714. The topological polar surface area (TPSA) is 68.5 Å². The summed E-state index contributed by atoms with van der Waals surface area (Å²) in [7, 11) is 0.